The molecule has 2 aromatic carbocycles. The molecule has 0 aliphatic carbocycles. The van der Waals surface area contributed by atoms with Gasteiger partial charge in [-0.15, -0.1) is 0 Å². The molecule has 0 unspecified atom stereocenters. The first-order chi connectivity index (χ1) is 10.1. The lowest BCUT2D eigenvalue weighted by molar-refractivity contribution is 0.628. The van der Waals surface area contributed by atoms with Crippen molar-refractivity contribution in [1.29, 1.82) is 0 Å². The molecule has 0 aliphatic rings. The van der Waals surface area contributed by atoms with Crippen LogP contribution in [0.2, 0.25) is 0 Å². The highest BCUT2D eigenvalue weighted by molar-refractivity contribution is 5.88. The van der Waals surface area contributed by atoms with Crippen molar-refractivity contribution in [1.82, 2.24) is 9.78 Å². The number of rotatable bonds is 2. The topological polar surface area (TPSA) is 43.8 Å². The zero-order valence-electron chi connectivity index (χ0n) is 12.0. The van der Waals surface area contributed by atoms with Crippen LogP contribution < -0.4 is 5.73 Å². The molecule has 2 N–H and O–H groups in total. The van der Waals surface area contributed by atoms with E-state index in [-0.39, 0.29) is 5.82 Å². The van der Waals surface area contributed by atoms with Crippen LogP contribution in [0.3, 0.4) is 0 Å². The van der Waals surface area contributed by atoms with Crippen molar-refractivity contribution in [2.75, 3.05) is 5.73 Å². The molecule has 0 saturated carbocycles. The van der Waals surface area contributed by atoms with Crippen molar-refractivity contribution >= 4 is 5.82 Å². The van der Waals surface area contributed by atoms with Gasteiger partial charge in [0.2, 0.25) is 0 Å². The number of halogens is 1. The lowest BCUT2D eigenvalue weighted by Gasteiger charge is -2.05. The smallest absolute Gasteiger partial charge is 0.129 e. The van der Waals surface area contributed by atoms with Crippen molar-refractivity contribution in [3.8, 4) is 22.4 Å². The van der Waals surface area contributed by atoms with Crippen molar-refractivity contribution < 1.29 is 4.39 Å². The number of benzene rings is 2. The van der Waals surface area contributed by atoms with E-state index in [9.17, 15) is 4.39 Å². The van der Waals surface area contributed by atoms with E-state index in [1.54, 1.807) is 17.8 Å². The highest BCUT2D eigenvalue weighted by atomic mass is 19.1. The summed E-state index contributed by atoms with van der Waals surface area (Å²) in [6.07, 6.45) is 0. The van der Waals surface area contributed by atoms with Crippen LogP contribution in [-0.4, -0.2) is 9.78 Å². The Kier molecular flexibility index (Phi) is 3.22. The summed E-state index contributed by atoms with van der Waals surface area (Å²) in [6, 6.07) is 14.5. The second kappa shape index (κ2) is 5.05. The first-order valence-electron chi connectivity index (χ1n) is 6.71. The van der Waals surface area contributed by atoms with Crippen LogP contribution in [0.5, 0.6) is 0 Å². The maximum atomic E-state index is 13.5. The molecule has 1 heterocycles. The van der Waals surface area contributed by atoms with E-state index in [4.69, 9.17) is 5.73 Å². The molecule has 21 heavy (non-hydrogen) atoms. The molecular weight excluding hydrogens is 265 g/mol. The molecule has 0 radical (unpaired) electrons. The van der Waals surface area contributed by atoms with Crippen LogP contribution in [0, 0.1) is 12.7 Å². The summed E-state index contributed by atoms with van der Waals surface area (Å²) < 4.78 is 15.1. The van der Waals surface area contributed by atoms with Crippen LogP contribution in [0.4, 0.5) is 10.2 Å². The molecule has 1 aromatic heterocycles. The summed E-state index contributed by atoms with van der Waals surface area (Å²) in [4.78, 5) is 0. The van der Waals surface area contributed by atoms with Gasteiger partial charge >= 0.3 is 0 Å². The lowest BCUT2D eigenvalue weighted by Crippen LogP contribution is -1.98. The zero-order valence-corrected chi connectivity index (χ0v) is 12.0. The number of hydrogen-bond acceptors (Lipinski definition) is 2. The number of aryl methyl sites for hydroxylation is 2. The largest absolute Gasteiger partial charge is 0.383 e. The number of aromatic nitrogens is 2. The van der Waals surface area contributed by atoms with Gasteiger partial charge in [0.1, 0.15) is 17.3 Å². The fourth-order valence-corrected chi connectivity index (χ4v) is 2.38. The van der Waals surface area contributed by atoms with E-state index in [1.165, 1.54) is 17.7 Å². The van der Waals surface area contributed by atoms with Gasteiger partial charge in [0.15, 0.2) is 0 Å². The van der Waals surface area contributed by atoms with Crippen molar-refractivity contribution in [3.63, 3.8) is 0 Å². The van der Waals surface area contributed by atoms with E-state index in [0.29, 0.717) is 5.82 Å². The van der Waals surface area contributed by atoms with Gasteiger partial charge in [0, 0.05) is 12.6 Å². The first-order valence-corrected chi connectivity index (χ1v) is 6.71. The Balaban J connectivity index is 2.23. The summed E-state index contributed by atoms with van der Waals surface area (Å²) in [5.74, 6) is 0.238. The average Bonchev–Trinajstić information content (AvgIpc) is 2.76. The minimum Gasteiger partial charge on any atom is -0.383 e. The van der Waals surface area contributed by atoms with Crippen LogP contribution in [0.25, 0.3) is 22.4 Å². The average molecular weight is 281 g/mol. The maximum Gasteiger partial charge on any atom is 0.129 e. The zero-order chi connectivity index (χ0) is 15.0. The Morgan fingerprint density at radius 3 is 2.43 bits per heavy atom. The molecule has 0 spiro atoms. The second-order valence-corrected chi connectivity index (χ2v) is 5.11. The molecule has 0 bridgehead atoms. The van der Waals surface area contributed by atoms with Crippen LogP contribution >= 0.6 is 0 Å². The molecule has 106 valence electrons. The Labute approximate surface area is 122 Å². The Hall–Kier alpha value is -2.62. The molecule has 3 nitrogen and oxygen atoms in total. The third-order valence-electron chi connectivity index (χ3n) is 3.53. The fraction of sp³-hybridized carbons (Fsp3) is 0.118. The van der Waals surface area contributed by atoms with Gasteiger partial charge in [-0.2, -0.15) is 5.10 Å². The predicted octanol–water partition coefficient (Wildman–Crippen LogP) is 3.78. The third kappa shape index (κ3) is 2.40. The SMILES string of the molecule is Cc1ccc(-c2nn(C)c(N)c2-c2cccc(F)c2)cc1. The molecule has 0 aliphatic heterocycles. The number of anilines is 1. The van der Waals surface area contributed by atoms with Crippen molar-refractivity contribution in [2.24, 2.45) is 7.05 Å². The molecule has 0 fully saturated rings. The summed E-state index contributed by atoms with van der Waals surface area (Å²) in [5.41, 5.74) is 10.5. The number of nitrogens with two attached hydrogens (primary N) is 1. The third-order valence-corrected chi connectivity index (χ3v) is 3.53. The Bertz CT molecular complexity index is 788. The van der Waals surface area contributed by atoms with Gasteiger partial charge in [0.25, 0.3) is 0 Å². The summed E-state index contributed by atoms with van der Waals surface area (Å²) in [5, 5.41) is 4.49. The Morgan fingerprint density at radius 1 is 1.05 bits per heavy atom. The van der Waals surface area contributed by atoms with E-state index in [2.05, 4.69) is 5.10 Å². The van der Waals surface area contributed by atoms with Crippen molar-refractivity contribution in [3.05, 3.63) is 59.9 Å². The van der Waals surface area contributed by atoms with Gasteiger partial charge in [-0.1, -0.05) is 42.0 Å². The highest BCUT2D eigenvalue weighted by Gasteiger charge is 2.17. The quantitative estimate of drug-likeness (QED) is 0.776. The molecule has 3 aromatic rings. The normalized spacial score (nSPS) is 10.8. The second-order valence-electron chi connectivity index (χ2n) is 5.11. The fourth-order valence-electron chi connectivity index (χ4n) is 2.38. The van der Waals surface area contributed by atoms with E-state index in [0.717, 1.165) is 22.4 Å². The standard InChI is InChI=1S/C17H16FN3/c1-11-6-8-12(9-7-11)16-15(17(19)21(2)20-16)13-4-3-5-14(18)10-13/h3-10H,19H2,1-2H3. The van der Waals surface area contributed by atoms with Gasteiger partial charge in [-0.3, -0.25) is 4.68 Å². The van der Waals surface area contributed by atoms with Crippen LogP contribution in [-0.2, 0) is 7.05 Å². The lowest BCUT2D eigenvalue weighted by atomic mass is 10.00. The molecule has 4 heteroatoms. The van der Waals surface area contributed by atoms with Gasteiger partial charge in [-0.05, 0) is 24.6 Å². The molecule has 3 rings (SSSR count). The minimum absolute atomic E-state index is 0.286. The Morgan fingerprint density at radius 2 is 1.76 bits per heavy atom. The maximum absolute atomic E-state index is 13.5. The van der Waals surface area contributed by atoms with Crippen LogP contribution in [0.15, 0.2) is 48.5 Å². The molecule has 0 amide bonds. The predicted molar refractivity (Wildman–Crippen MR) is 83.2 cm³/mol. The molecule has 0 atom stereocenters. The first kappa shape index (κ1) is 13.4. The van der Waals surface area contributed by atoms with E-state index < -0.39 is 0 Å². The van der Waals surface area contributed by atoms with E-state index >= 15 is 0 Å². The van der Waals surface area contributed by atoms with Crippen molar-refractivity contribution in [2.45, 2.75) is 6.92 Å². The number of nitrogen functional groups attached to an aromatic ring is 1. The minimum atomic E-state index is -0.286. The van der Waals surface area contributed by atoms with Gasteiger partial charge < -0.3 is 5.73 Å². The number of nitrogens with zero attached hydrogens (tertiary/aromatic N) is 2. The summed E-state index contributed by atoms with van der Waals surface area (Å²) in [6.45, 7) is 2.03. The summed E-state index contributed by atoms with van der Waals surface area (Å²) in [7, 11) is 1.79. The van der Waals surface area contributed by atoms with Gasteiger partial charge in [0.05, 0.1) is 5.56 Å². The molecule has 0 saturated heterocycles. The molecular formula is C17H16FN3. The summed E-state index contributed by atoms with van der Waals surface area (Å²) >= 11 is 0. The monoisotopic (exact) mass is 281 g/mol. The number of hydrogen-bond donors (Lipinski definition) is 1. The van der Waals surface area contributed by atoms with E-state index in [1.807, 2.05) is 37.3 Å². The van der Waals surface area contributed by atoms with Gasteiger partial charge in [-0.25, -0.2) is 4.39 Å². The highest BCUT2D eigenvalue weighted by Crippen LogP contribution is 2.36. The van der Waals surface area contributed by atoms with Crippen LogP contribution in [0.1, 0.15) is 5.56 Å².